The summed E-state index contributed by atoms with van der Waals surface area (Å²) in [7, 11) is 0. The smallest absolute Gasteiger partial charge is 0.285 e. The zero-order valence-corrected chi connectivity index (χ0v) is 10.5. The van der Waals surface area contributed by atoms with E-state index < -0.39 is 11.9 Å². The predicted molar refractivity (Wildman–Crippen MR) is 70.2 cm³/mol. The van der Waals surface area contributed by atoms with Crippen LogP contribution in [0.3, 0.4) is 0 Å². The lowest BCUT2D eigenvalue weighted by atomic mass is 10.1. The van der Waals surface area contributed by atoms with Gasteiger partial charge in [-0.05, 0) is 24.6 Å². The Hall–Kier alpha value is -2.36. The fourth-order valence-corrected chi connectivity index (χ4v) is 1.81. The molecule has 0 aromatic heterocycles. The zero-order valence-electron chi connectivity index (χ0n) is 10.5. The van der Waals surface area contributed by atoms with Gasteiger partial charge in [0.1, 0.15) is 5.75 Å². The molecule has 0 saturated heterocycles. The second-order valence-electron chi connectivity index (χ2n) is 4.22. The Morgan fingerprint density at radius 2 is 1.68 bits per heavy atom. The quantitative estimate of drug-likeness (QED) is 0.857. The molecule has 0 aliphatic rings. The Morgan fingerprint density at radius 1 is 1.11 bits per heavy atom. The molecule has 0 radical (unpaired) electrons. The second-order valence-corrected chi connectivity index (χ2v) is 4.22. The number of para-hydroxylation sites is 1. The predicted octanol–water partition coefficient (Wildman–Crippen LogP) is 3.48. The van der Waals surface area contributed by atoms with Gasteiger partial charge in [0.15, 0.2) is 0 Å². The van der Waals surface area contributed by atoms with E-state index in [0.29, 0.717) is 5.56 Å². The number of benzene rings is 2. The Labute approximate surface area is 110 Å². The Kier molecular flexibility index (Phi) is 3.80. The maximum atomic E-state index is 14.1. The minimum absolute atomic E-state index is 0.0484. The van der Waals surface area contributed by atoms with Crippen molar-refractivity contribution < 1.29 is 14.4 Å². The lowest BCUT2D eigenvalue weighted by Gasteiger charge is -2.20. The van der Waals surface area contributed by atoms with Crippen LogP contribution in [0, 0.1) is 0 Å². The van der Waals surface area contributed by atoms with Crippen molar-refractivity contribution >= 4 is 5.91 Å². The molecule has 4 heteroatoms. The molecule has 0 aliphatic heterocycles. The third-order valence-corrected chi connectivity index (χ3v) is 2.95. The summed E-state index contributed by atoms with van der Waals surface area (Å²) in [5.41, 5.74) is 0.640. The number of nitrogens with zero attached hydrogens (tertiary/aromatic N) is 1. The molecule has 2 rings (SSSR count). The van der Waals surface area contributed by atoms with E-state index in [1.807, 2.05) is 6.07 Å². The fourth-order valence-electron chi connectivity index (χ4n) is 1.81. The lowest BCUT2D eigenvalue weighted by Crippen LogP contribution is -2.26. The van der Waals surface area contributed by atoms with Gasteiger partial charge in [0, 0.05) is 0 Å². The highest BCUT2D eigenvalue weighted by Crippen LogP contribution is 2.25. The summed E-state index contributed by atoms with van der Waals surface area (Å²) in [5.74, 6) is -1.08. The zero-order chi connectivity index (χ0) is 13.8. The van der Waals surface area contributed by atoms with Gasteiger partial charge in [-0.25, -0.2) is 0 Å². The molecule has 1 amide bonds. The first kappa shape index (κ1) is 13.1. The first-order chi connectivity index (χ1) is 9.11. The van der Waals surface area contributed by atoms with Crippen LogP contribution < -0.4 is 0 Å². The largest absolute Gasteiger partial charge is 0.507 e. The van der Waals surface area contributed by atoms with E-state index in [4.69, 9.17) is 0 Å². The Morgan fingerprint density at radius 3 is 2.32 bits per heavy atom. The highest BCUT2D eigenvalue weighted by atomic mass is 19.2. The second kappa shape index (κ2) is 5.52. The van der Waals surface area contributed by atoms with Crippen LogP contribution in [0.1, 0.15) is 28.9 Å². The van der Waals surface area contributed by atoms with Crippen molar-refractivity contribution in [2.75, 3.05) is 0 Å². The van der Waals surface area contributed by atoms with E-state index in [2.05, 4.69) is 0 Å². The summed E-state index contributed by atoms with van der Waals surface area (Å²) in [6.07, 6.45) is 0. The van der Waals surface area contributed by atoms with E-state index in [9.17, 15) is 14.4 Å². The van der Waals surface area contributed by atoms with Crippen LogP contribution in [0.25, 0.3) is 0 Å². The first-order valence-corrected chi connectivity index (χ1v) is 5.93. The van der Waals surface area contributed by atoms with Gasteiger partial charge in [-0.15, -0.1) is 0 Å². The molecular weight excluding hydrogens is 245 g/mol. The molecule has 19 heavy (non-hydrogen) atoms. The number of rotatable bonds is 3. The molecule has 0 aliphatic carbocycles. The number of hydrogen-bond acceptors (Lipinski definition) is 2. The van der Waals surface area contributed by atoms with Crippen molar-refractivity contribution in [1.82, 2.24) is 5.12 Å². The number of amides is 1. The summed E-state index contributed by atoms with van der Waals surface area (Å²) in [5, 5.41) is 9.70. The normalized spacial score (nSPS) is 11.9. The highest BCUT2D eigenvalue weighted by Gasteiger charge is 2.24. The number of carbonyl (C=O) groups excluding carboxylic acids is 1. The van der Waals surface area contributed by atoms with Crippen LogP contribution in [0.4, 0.5) is 4.48 Å². The van der Waals surface area contributed by atoms with Gasteiger partial charge in [0.05, 0.1) is 11.6 Å². The van der Waals surface area contributed by atoms with E-state index in [0.717, 1.165) is 0 Å². The third kappa shape index (κ3) is 2.73. The average Bonchev–Trinajstić information content (AvgIpc) is 2.46. The maximum Gasteiger partial charge on any atom is 0.285 e. The maximum absolute atomic E-state index is 14.1. The fraction of sp³-hybridized carbons (Fsp3) is 0.133. The van der Waals surface area contributed by atoms with Crippen LogP contribution >= 0.6 is 0 Å². The molecule has 0 fully saturated rings. The number of hydrogen-bond donors (Lipinski definition) is 1. The van der Waals surface area contributed by atoms with Gasteiger partial charge in [-0.2, -0.15) is 5.12 Å². The molecule has 0 bridgehead atoms. The van der Waals surface area contributed by atoms with E-state index >= 15 is 0 Å². The molecule has 1 atom stereocenters. The van der Waals surface area contributed by atoms with Crippen LogP contribution in [0.5, 0.6) is 5.75 Å². The van der Waals surface area contributed by atoms with Gasteiger partial charge in [-0.1, -0.05) is 46.9 Å². The highest BCUT2D eigenvalue weighted by molar-refractivity contribution is 5.96. The van der Waals surface area contributed by atoms with Crippen LogP contribution in [-0.2, 0) is 0 Å². The van der Waals surface area contributed by atoms with Gasteiger partial charge in [0.2, 0.25) is 0 Å². The van der Waals surface area contributed by atoms with Crippen molar-refractivity contribution in [1.29, 1.82) is 0 Å². The van der Waals surface area contributed by atoms with Crippen molar-refractivity contribution in [2.24, 2.45) is 0 Å². The standard InChI is InChI=1S/C15H14FNO2/c1-11(12-7-3-2-4-8-12)17(16)15(19)13-9-5-6-10-14(13)18/h2-11,18H,1H3. The molecular formula is C15H14FNO2. The van der Waals surface area contributed by atoms with Crippen LogP contribution in [0.2, 0.25) is 0 Å². The van der Waals surface area contributed by atoms with Gasteiger partial charge in [-0.3, -0.25) is 4.79 Å². The lowest BCUT2D eigenvalue weighted by molar-refractivity contribution is -0.00323. The van der Waals surface area contributed by atoms with Crippen molar-refractivity contribution in [3.8, 4) is 5.75 Å². The molecule has 0 saturated carbocycles. The molecule has 2 aromatic rings. The third-order valence-electron chi connectivity index (χ3n) is 2.95. The minimum Gasteiger partial charge on any atom is -0.507 e. The van der Waals surface area contributed by atoms with Crippen LogP contribution in [-0.4, -0.2) is 16.1 Å². The van der Waals surface area contributed by atoms with Gasteiger partial charge < -0.3 is 5.11 Å². The average molecular weight is 259 g/mol. The SMILES string of the molecule is CC(c1ccccc1)N(F)C(=O)c1ccccc1O. The summed E-state index contributed by atoms with van der Waals surface area (Å²) >= 11 is 0. The molecule has 0 heterocycles. The molecule has 2 aromatic carbocycles. The van der Waals surface area contributed by atoms with E-state index in [1.54, 1.807) is 43.3 Å². The minimum atomic E-state index is -0.852. The van der Waals surface area contributed by atoms with Gasteiger partial charge >= 0.3 is 0 Å². The summed E-state index contributed by atoms with van der Waals surface area (Å²) in [4.78, 5) is 12.0. The van der Waals surface area contributed by atoms with E-state index in [-0.39, 0.29) is 16.4 Å². The van der Waals surface area contributed by atoms with Crippen LogP contribution in [0.15, 0.2) is 54.6 Å². The van der Waals surface area contributed by atoms with Crippen molar-refractivity contribution in [3.63, 3.8) is 0 Å². The summed E-state index contributed by atoms with van der Waals surface area (Å²) < 4.78 is 14.1. The molecule has 98 valence electrons. The van der Waals surface area contributed by atoms with Crippen molar-refractivity contribution in [2.45, 2.75) is 13.0 Å². The molecule has 1 N–H and O–H groups in total. The Balaban J connectivity index is 2.23. The monoisotopic (exact) mass is 259 g/mol. The molecule has 3 nitrogen and oxygen atoms in total. The number of carbonyl (C=O) groups is 1. The molecule has 1 unspecified atom stereocenters. The molecule has 0 spiro atoms. The number of phenolic OH excluding ortho intramolecular Hbond substituents is 1. The number of phenols is 1. The summed E-state index contributed by atoms with van der Waals surface area (Å²) in [6.45, 7) is 1.59. The Bertz CT molecular complexity index is 571. The summed E-state index contributed by atoms with van der Waals surface area (Å²) in [6, 6.07) is 14.1. The number of aromatic hydroxyl groups is 1. The first-order valence-electron chi connectivity index (χ1n) is 5.93. The topological polar surface area (TPSA) is 40.5 Å². The van der Waals surface area contributed by atoms with E-state index in [1.165, 1.54) is 12.1 Å². The van der Waals surface area contributed by atoms with Crippen molar-refractivity contribution in [3.05, 3.63) is 65.7 Å². The number of halogens is 1. The van der Waals surface area contributed by atoms with Gasteiger partial charge in [0.25, 0.3) is 5.91 Å².